The summed E-state index contributed by atoms with van der Waals surface area (Å²) in [5.74, 6) is 2.61. The highest BCUT2D eigenvalue weighted by Gasteiger charge is 2.16. The van der Waals surface area contributed by atoms with Gasteiger partial charge in [-0.15, -0.1) is 0 Å². The third-order valence-corrected chi connectivity index (χ3v) is 4.92. The largest absolute Gasteiger partial charge is 0.493 e. The lowest BCUT2D eigenvalue weighted by atomic mass is 10.1. The van der Waals surface area contributed by atoms with Crippen LogP contribution in [0.3, 0.4) is 0 Å². The van der Waals surface area contributed by atoms with Gasteiger partial charge in [0.05, 0.1) is 21.3 Å². The lowest BCUT2D eigenvalue weighted by Gasteiger charge is -2.15. The minimum absolute atomic E-state index is 0.0648. The number of carbonyl (C=O) groups excluding carboxylic acids is 1. The molecular formula is C23H27N3O4. The monoisotopic (exact) mass is 409 g/mol. The molecule has 0 fully saturated rings. The van der Waals surface area contributed by atoms with Crippen molar-refractivity contribution in [3.05, 3.63) is 65.7 Å². The van der Waals surface area contributed by atoms with Crippen molar-refractivity contribution < 1.29 is 19.0 Å². The average Bonchev–Trinajstić information content (AvgIpc) is 3.17. The Balaban J connectivity index is 1.59. The highest BCUT2D eigenvalue weighted by atomic mass is 16.5. The summed E-state index contributed by atoms with van der Waals surface area (Å²) in [7, 11) is 4.72. The highest BCUT2D eigenvalue weighted by molar-refractivity contribution is 5.90. The number of nitrogens with one attached hydrogen (secondary N) is 1. The van der Waals surface area contributed by atoms with Gasteiger partial charge in [0.2, 0.25) is 11.7 Å². The number of carbonyl (C=O) groups is 1. The maximum absolute atomic E-state index is 12.4. The number of methoxy groups -OCH3 is 3. The summed E-state index contributed by atoms with van der Waals surface area (Å²) in [6.07, 6.45) is 4.58. The molecule has 7 nitrogen and oxygen atoms in total. The standard InChI is InChI=1S/C23H27N3O4/c1-16-24-13-14-26(16)15-17-5-9-19(10-6-17)25-21(27)12-8-18-7-11-20(28-2)23(30-4)22(18)29-3/h5-7,9-11,13-14H,8,12,15H2,1-4H3,(H,25,27). The fourth-order valence-corrected chi connectivity index (χ4v) is 3.29. The van der Waals surface area contributed by atoms with Gasteiger partial charge in [-0.1, -0.05) is 18.2 Å². The van der Waals surface area contributed by atoms with E-state index in [0.29, 0.717) is 30.1 Å². The van der Waals surface area contributed by atoms with E-state index in [1.165, 1.54) is 0 Å². The summed E-state index contributed by atoms with van der Waals surface area (Å²) >= 11 is 0. The van der Waals surface area contributed by atoms with Crippen molar-refractivity contribution in [3.63, 3.8) is 0 Å². The minimum atomic E-state index is -0.0648. The zero-order chi connectivity index (χ0) is 21.5. The van der Waals surface area contributed by atoms with Gasteiger partial charge in [-0.2, -0.15) is 0 Å². The molecule has 0 aliphatic rings. The van der Waals surface area contributed by atoms with Gasteiger partial charge in [0.25, 0.3) is 0 Å². The Labute approximate surface area is 176 Å². The molecule has 2 aromatic carbocycles. The van der Waals surface area contributed by atoms with E-state index >= 15 is 0 Å². The van der Waals surface area contributed by atoms with Crippen molar-refractivity contribution in [2.75, 3.05) is 26.6 Å². The second-order valence-electron chi connectivity index (χ2n) is 6.84. The molecule has 0 atom stereocenters. The van der Waals surface area contributed by atoms with Gasteiger partial charge < -0.3 is 24.1 Å². The van der Waals surface area contributed by atoms with E-state index in [4.69, 9.17) is 14.2 Å². The van der Waals surface area contributed by atoms with Crippen LogP contribution >= 0.6 is 0 Å². The Bertz CT molecular complexity index is 996. The molecule has 3 aromatic rings. The van der Waals surface area contributed by atoms with E-state index in [2.05, 4.69) is 14.9 Å². The maximum Gasteiger partial charge on any atom is 0.224 e. The molecule has 0 saturated carbocycles. The summed E-state index contributed by atoms with van der Waals surface area (Å²) in [5.41, 5.74) is 2.80. The van der Waals surface area contributed by atoms with Gasteiger partial charge >= 0.3 is 0 Å². The molecule has 1 N–H and O–H groups in total. The number of amides is 1. The van der Waals surface area contributed by atoms with E-state index in [9.17, 15) is 4.79 Å². The molecule has 30 heavy (non-hydrogen) atoms. The summed E-state index contributed by atoms with van der Waals surface area (Å²) in [4.78, 5) is 16.7. The first-order valence-corrected chi connectivity index (χ1v) is 9.70. The number of nitrogens with zero attached hydrogens (tertiary/aromatic N) is 2. The average molecular weight is 409 g/mol. The number of anilines is 1. The Hall–Kier alpha value is -3.48. The third-order valence-electron chi connectivity index (χ3n) is 4.92. The van der Waals surface area contributed by atoms with E-state index < -0.39 is 0 Å². The Morgan fingerprint density at radius 2 is 1.73 bits per heavy atom. The molecule has 0 spiro atoms. The predicted molar refractivity (Wildman–Crippen MR) is 116 cm³/mol. The van der Waals surface area contributed by atoms with Crippen LogP contribution in [0.1, 0.15) is 23.4 Å². The summed E-state index contributed by atoms with van der Waals surface area (Å²) in [6.45, 7) is 2.72. The SMILES string of the molecule is COc1ccc(CCC(=O)Nc2ccc(Cn3ccnc3C)cc2)c(OC)c1OC. The Kier molecular flexibility index (Phi) is 6.95. The van der Waals surface area contributed by atoms with Crippen LogP contribution in [-0.2, 0) is 17.8 Å². The molecule has 0 saturated heterocycles. The molecule has 0 aliphatic heterocycles. The Morgan fingerprint density at radius 1 is 1.00 bits per heavy atom. The van der Waals surface area contributed by atoms with Crippen molar-refractivity contribution in [1.82, 2.24) is 9.55 Å². The summed E-state index contributed by atoms with van der Waals surface area (Å²) < 4.78 is 18.3. The van der Waals surface area contributed by atoms with E-state index in [1.807, 2.05) is 49.5 Å². The zero-order valence-corrected chi connectivity index (χ0v) is 17.8. The molecule has 0 radical (unpaired) electrons. The number of aryl methyl sites for hydroxylation is 2. The van der Waals surface area contributed by atoms with Gasteiger partial charge in [0.15, 0.2) is 11.5 Å². The fraction of sp³-hybridized carbons (Fsp3) is 0.304. The molecule has 7 heteroatoms. The zero-order valence-electron chi connectivity index (χ0n) is 17.8. The summed E-state index contributed by atoms with van der Waals surface area (Å²) in [5, 5.41) is 2.94. The van der Waals surface area contributed by atoms with Crippen LogP contribution in [0.4, 0.5) is 5.69 Å². The number of benzene rings is 2. The van der Waals surface area contributed by atoms with E-state index in [1.54, 1.807) is 27.5 Å². The molecule has 1 heterocycles. The number of ether oxygens (including phenoxy) is 3. The van der Waals surface area contributed by atoms with Gasteiger partial charge in [-0.25, -0.2) is 4.98 Å². The number of hydrogen-bond acceptors (Lipinski definition) is 5. The minimum Gasteiger partial charge on any atom is -0.493 e. The van der Waals surface area contributed by atoms with Crippen LogP contribution < -0.4 is 19.5 Å². The lowest BCUT2D eigenvalue weighted by Crippen LogP contribution is -2.13. The molecule has 3 rings (SSSR count). The number of imidazole rings is 1. The summed E-state index contributed by atoms with van der Waals surface area (Å²) in [6, 6.07) is 11.5. The first kappa shape index (κ1) is 21.2. The molecular weight excluding hydrogens is 382 g/mol. The number of hydrogen-bond donors (Lipinski definition) is 1. The molecule has 0 bridgehead atoms. The lowest BCUT2D eigenvalue weighted by molar-refractivity contribution is -0.116. The maximum atomic E-state index is 12.4. The first-order valence-electron chi connectivity index (χ1n) is 9.70. The second kappa shape index (κ2) is 9.82. The topological polar surface area (TPSA) is 74.6 Å². The molecule has 158 valence electrons. The van der Waals surface area contributed by atoms with Crippen molar-refractivity contribution in [2.24, 2.45) is 0 Å². The van der Waals surface area contributed by atoms with Crippen LogP contribution in [0.25, 0.3) is 0 Å². The normalized spacial score (nSPS) is 10.5. The first-order chi connectivity index (χ1) is 14.5. The van der Waals surface area contributed by atoms with Crippen molar-refractivity contribution in [1.29, 1.82) is 0 Å². The van der Waals surface area contributed by atoms with Crippen molar-refractivity contribution in [2.45, 2.75) is 26.3 Å². The molecule has 1 amide bonds. The van der Waals surface area contributed by atoms with E-state index in [0.717, 1.165) is 29.2 Å². The van der Waals surface area contributed by atoms with Gasteiger partial charge in [-0.3, -0.25) is 4.79 Å². The van der Waals surface area contributed by atoms with Gasteiger partial charge in [-0.05, 0) is 42.7 Å². The molecule has 0 aliphatic carbocycles. The number of aromatic nitrogens is 2. The van der Waals surface area contributed by atoms with Crippen LogP contribution in [0.2, 0.25) is 0 Å². The van der Waals surface area contributed by atoms with Gasteiger partial charge in [0, 0.05) is 31.0 Å². The molecule has 0 unspecified atom stereocenters. The fourth-order valence-electron chi connectivity index (χ4n) is 3.29. The second-order valence-corrected chi connectivity index (χ2v) is 6.84. The van der Waals surface area contributed by atoms with Crippen LogP contribution in [0, 0.1) is 6.92 Å². The quantitative estimate of drug-likeness (QED) is 0.581. The van der Waals surface area contributed by atoms with Crippen molar-refractivity contribution >= 4 is 11.6 Å². The third kappa shape index (κ3) is 4.92. The predicted octanol–water partition coefficient (Wildman–Crippen LogP) is 3.84. The number of rotatable bonds is 9. The smallest absolute Gasteiger partial charge is 0.224 e. The molecule has 1 aromatic heterocycles. The van der Waals surface area contributed by atoms with Crippen molar-refractivity contribution in [3.8, 4) is 17.2 Å². The highest BCUT2D eigenvalue weighted by Crippen LogP contribution is 2.40. The van der Waals surface area contributed by atoms with Crippen LogP contribution in [0.5, 0.6) is 17.2 Å². The van der Waals surface area contributed by atoms with Gasteiger partial charge in [0.1, 0.15) is 5.82 Å². The van der Waals surface area contributed by atoms with E-state index in [-0.39, 0.29) is 5.91 Å². The van der Waals surface area contributed by atoms with Crippen LogP contribution in [-0.4, -0.2) is 36.8 Å². The van der Waals surface area contributed by atoms with Crippen LogP contribution in [0.15, 0.2) is 48.8 Å². The Morgan fingerprint density at radius 3 is 2.33 bits per heavy atom.